The Bertz CT molecular complexity index is 327. The van der Waals surface area contributed by atoms with Crippen molar-refractivity contribution in [2.24, 2.45) is 47.3 Å². The molecular weight excluding hydrogens is 391 g/mol. The number of fused-ring (bicyclic) bond motifs is 8. The topological polar surface area (TPSA) is 0 Å². The van der Waals surface area contributed by atoms with E-state index in [-0.39, 0.29) is 17.1 Å². The van der Waals surface area contributed by atoms with Crippen LogP contribution in [0.5, 0.6) is 0 Å². The molecule has 8 unspecified atom stereocenters. The smallest absolute Gasteiger partial charge is 0 e. The predicted molar refractivity (Wildman–Crippen MR) is 119 cm³/mol. The first kappa shape index (κ1) is 22.7. The summed E-state index contributed by atoms with van der Waals surface area (Å²) in [6, 6.07) is 0. The van der Waals surface area contributed by atoms with Gasteiger partial charge in [0, 0.05) is 17.1 Å². The van der Waals surface area contributed by atoms with E-state index in [0.717, 1.165) is 47.3 Å². The van der Waals surface area contributed by atoms with E-state index in [1.165, 1.54) is 103 Å². The van der Waals surface area contributed by atoms with Gasteiger partial charge in [0.15, 0.2) is 0 Å². The molecule has 8 atom stereocenters. The molecule has 0 aromatic heterocycles. The van der Waals surface area contributed by atoms with Crippen LogP contribution in [0, 0.1) is 73.0 Å². The van der Waals surface area contributed by atoms with Gasteiger partial charge in [0.25, 0.3) is 0 Å². The van der Waals surface area contributed by atoms with Gasteiger partial charge in [-0.05, 0) is 0 Å². The molecule has 1 heteroatoms. The van der Waals surface area contributed by atoms with E-state index in [4.69, 9.17) is 0 Å². The minimum Gasteiger partial charge on any atom is -0.325 e. The van der Waals surface area contributed by atoms with Crippen LogP contribution in [0.15, 0.2) is 0 Å². The van der Waals surface area contributed by atoms with Crippen molar-refractivity contribution in [1.82, 2.24) is 0 Å². The fourth-order valence-electron chi connectivity index (χ4n) is 7.71. The number of rotatable bonds is 0. The first-order valence-electron chi connectivity index (χ1n) is 13.1. The Labute approximate surface area is 192 Å². The second-order valence-electron chi connectivity index (χ2n) is 11.6. The molecule has 8 aliphatic carbocycles. The van der Waals surface area contributed by atoms with Crippen LogP contribution in [0.4, 0.5) is 0 Å². The Kier molecular flexibility index (Phi) is 8.53. The molecule has 1 radical (unpaired) electrons. The van der Waals surface area contributed by atoms with Gasteiger partial charge in [-0.3, -0.25) is 0 Å². The summed E-state index contributed by atoms with van der Waals surface area (Å²) in [7, 11) is 0. The maximum absolute atomic E-state index is 2.51. The Morgan fingerprint density at radius 1 is 0.345 bits per heavy atom. The first-order chi connectivity index (χ1) is 13.8. The van der Waals surface area contributed by atoms with Crippen molar-refractivity contribution < 1.29 is 17.1 Å². The minimum atomic E-state index is 0. The quantitative estimate of drug-likeness (QED) is 0.267. The van der Waals surface area contributed by atoms with E-state index in [2.05, 4.69) is 25.7 Å². The van der Waals surface area contributed by atoms with Gasteiger partial charge in [0.2, 0.25) is 0 Å². The first-order valence-corrected chi connectivity index (χ1v) is 13.1. The summed E-state index contributed by atoms with van der Waals surface area (Å²) in [6.07, 6.45) is 34.0. The SMILES string of the molecule is [CH-]1CC2CCC1C2.[CH-]1CC2CCC1C2.[CH-]1CC2CCC1C2.[CH-]1CC2CCC1C2.[Mn]. The maximum Gasteiger partial charge on any atom is 0 e. The molecule has 167 valence electrons. The van der Waals surface area contributed by atoms with Crippen LogP contribution >= 0.6 is 0 Å². The van der Waals surface area contributed by atoms with Crippen LogP contribution in [-0.2, 0) is 17.1 Å². The average molecular weight is 436 g/mol. The summed E-state index contributed by atoms with van der Waals surface area (Å²) >= 11 is 0. The third kappa shape index (κ3) is 6.28. The van der Waals surface area contributed by atoms with Crippen LogP contribution in [0.2, 0.25) is 0 Å². The van der Waals surface area contributed by atoms with Crippen LogP contribution in [0.1, 0.15) is 103 Å². The molecule has 8 rings (SSSR count). The van der Waals surface area contributed by atoms with E-state index in [0.29, 0.717) is 0 Å². The standard InChI is InChI=1S/4C7H11.Mn/c4*1-2-7-4-3-6(1)5-7;/h4*1,6-7H,2-5H2;/q4*-1;. The fourth-order valence-corrected chi connectivity index (χ4v) is 7.71. The minimum absolute atomic E-state index is 0. The summed E-state index contributed by atoms with van der Waals surface area (Å²) in [5.74, 6) is 8.65. The van der Waals surface area contributed by atoms with Crippen molar-refractivity contribution >= 4 is 0 Å². The van der Waals surface area contributed by atoms with Crippen molar-refractivity contribution in [3.63, 3.8) is 0 Å². The number of hydrogen-bond donors (Lipinski definition) is 0. The van der Waals surface area contributed by atoms with Crippen LogP contribution in [-0.4, -0.2) is 0 Å². The molecule has 8 bridgehead atoms. The van der Waals surface area contributed by atoms with Crippen molar-refractivity contribution in [3.8, 4) is 0 Å². The van der Waals surface area contributed by atoms with Gasteiger partial charge in [0.05, 0.1) is 0 Å². The van der Waals surface area contributed by atoms with Gasteiger partial charge in [-0.1, -0.05) is 101 Å². The van der Waals surface area contributed by atoms with Crippen molar-refractivity contribution in [3.05, 3.63) is 25.7 Å². The Morgan fingerprint density at radius 3 is 0.621 bits per heavy atom. The molecule has 0 amide bonds. The van der Waals surface area contributed by atoms with Crippen molar-refractivity contribution in [2.75, 3.05) is 0 Å². The zero-order chi connectivity index (χ0) is 18.8. The van der Waals surface area contributed by atoms with Crippen LogP contribution in [0.3, 0.4) is 0 Å². The molecule has 8 saturated carbocycles. The van der Waals surface area contributed by atoms with Gasteiger partial charge in [-0.25, -0.2) is 0 Å². The largest absolute Gasteiger partial charge is 0.325 e. The van der Waals surface area contributed by atoms with Gasteiger partial charge < -0.3 is 25.7 Å². The molecule has 29 heavy (non-hydrogen) atoms. The fraction of sp³-hybridized carbons (Fsp3) is 0.857. The third-order valence-electron chi connectivity index (χ3n) is 9.54. The molecule has 0 heterocycles. The molecule has 0 nitrogen and oxygen atoms in total. The second kappa shape index (κ2) is 10.9. The average Bonchev–Trinajstić information content (AvgIpc) is 3.63. The third-order valence-corrected chi connectivity index (χ3v) is 9.54. The summed E-state index contributed by atoms with van der Waals surface area (Å²) in [5.41, 5.74) is 0. The van der Waals surface area contributed by atoms with Crippen molar-refractivity contribution in [1.29, 1.82) is 0 Å². The van der Waals surface area contributed by atoms with E-state index >= 15 is 0 Å². The molecule has 0 aromatic carbocycles. The molecule has 0 aliphatic heterocycles. The summed E-state index contributed by atoms with van der Waals surface area (Å²) in [6.45, 7) is 0. The van der Waals surface area contributed by atoms with Gasteiger partial charge in [-0.15, -0.1) is 0 Å². The molecular formula is C28H44Mn-4. The summed E-state index contributed by atoms with van der Waals surface area (Å²) < 4.78 is 0. The predicted octanol–water partition coefficient (Wildman–Crippen LogP) is 8.04. The van der Waals surface area contributed by atoms with Gasteiger partial charge in [-0.2, -0.15) is 49.4 Å². The van der Waals surface area contributed by atoms with Gasteiger partial charge >= 0.3 is 0 Å². The molecule has 0 spiro atoms. The Hall–Kier alpha value is 0.519. The second-order valence-corrected chi connectivity index (χ2v) is 11.6. The zero-order valence-electron chi connectivity index (χ0n) is 18.6. The zero-order valence-corrected chi connectivity index (χ0v) is 19.8. The molecule has 8 fully saturated rings. The van der Waals surface area contributed by atoms with Crippen LogP contribution in [0.25, 0.3) is 0 Å². The van der Waals surface area contributed by atoms with Gasteiger partial charge in [0.1, 0.15) is 0 Å². The normalized spacial score (nSPS) is 46.3. The molecule has 0 aromatic rings. The Balaban J connectivity index is 0.0000000931. The van der Waals surface area contributed by atoms with E-state index < -0.39 is 0 Å². The monoisotopic (exact) mass is 435 g/mol. The molecule has 8 aliphatic rings. The van der Waals surface area contributed by atoms with E-state index in [1.807, 2.05) is 0 Å². The summed E-state index contributed by atoms with van der Waals surface area (Å²) in [4.78, 5) is 0. The maximum atomic E-state index is 2.51. The molecule has 0 saturated heterocycles. The van der Waals surface area contributed by atoms with Crippen LogP contribution < -0.4 is 0 Å². The van der Waals surface area contributed by atoms with Crippen molar-refractivity contribution in [2.45, 2.75) is 103 Å². The summed E-state index contributed by atoms with van der Waals surface area (Å²) in [5, 5.41) is 0. The van der Waals surface area contributed by atoms with E-state index in [9.17, 15) is 0 Å². The number of hydrogen-bond acceptors (Lipinski definition) is 0. The Morgan fingerprint density at radius 2 is 0.586 bits per heavy atom. The van der Waals surface area contributed by atoms with E-state index in [1.54, 1.807) is 0 Å². The molecule has 0 N–H and O–H groups in total.